The molecule has 0 fully saturated rings. The Morgan fingerprint density at radius 2 is 2.20 bits per heavy atom. The van der Waals surface area contributed by atoms with Crippen LogP contribution in [0, 0.1) is 0 Å². The van der Waals surface area contributed by atoms with Crippen LogP contribution in [0.25, 0.3) is 0 Å². The third-order valence-corrected chi connectivity index (χ3v) is 2.45. The first kappa shape index (κ1) is 12.4. The minimum atomic E-state index is -0.140. The van der Waals surface area contributed by atoms with Crippen molar-refractivity contribution < 1.29 is 9.47 Å². The highest BCUT2D eigenvalue weighted by Crippen LogP contribution is 2.17. The van der Waals surface area contributed by atoms with Crippen molar-refractivity contribution in [2.75, 3.05) is 20.8 Å². The molecule has 0 saturated carbocycles. The summed E-state index contributed by atoms with van der Waals surface area (Å²) in [6, 6.07) is 0. The molecular formula is C10H15ClN2O2. The molecule has 0 bridgehead atoms. The van der Waals surface area contributed by atoms with Gasteiger partial charge in [-0.05, 0) is 6.92 Å². The van der Waals surface area contributed by atoms with Crippen molar-refractivity contribution in [1.29, 1.82) is 0 Å². The fraction of sp³-hybridized carbons (Fsp3) is 0.600. The molecule has 5 heteroatoms. The zero-order valence-corrected chi connectivity index (χ0v) is 9.91. The number of methoxy groups -OCH3 is 2. The second-order valence-electron chi connectivity index (χ2n) is 3.16. The molecule has 0 amide bonds. The maximum atomic E-state index is 6.00. The van der Waals surface area contributed by atoms with Gasteiger partial charge in [0.05, 0.1) is 6.61 Å². The van der Waals surface area contributed by atoms with E-state index in [1.165, 1.54) is 0 Å². The van der Waals surface area contributed by atoms with E-state index in [-0.39, 0.29) is 6.10 Å². The van der Waals surface area contributed by atoms with Crippen molar-refractivity contribution in [1.82, 2.24) is 9.97 Å². The first-order valence-corrected chi connectivity index (χ1v) is 5.10. The smallest absolute Gasteiger partial charge is 0.158 e. The lowest BCUT2D eigenvalue weighted by Crippen LogP contribution is -2.05. The van der Waals surface area contributed by atoms with Gasteiger partial charge in [-0.25, -0.2) is 9.97 Å². The van der Waals surface area contributed by atoms with Gasteiger partial charge in [0.15, 0.2) is 5.82 Å². The van der Waals surface area contributed by atoms with Crippen LogP contribution in [0.2, 0.25) is 5.15 Å². The SMILES string of the molecule is COCCc1cnc(C(C)OC)nc1Cl. The summed E-state index contributed by atoms with van der Waals surface area (Å²) in [5, 5.41) is 0.473. The van der Waals surface area contributed by atoms with Gasteiger partial charge >= 0.3 is 0 Å². The highest BCUT2D eigenvalue weighted by Gasteiger charge is 2.10. The lowest BCUT2D eigenvalue weighted by molar-refractivity contribution is 0.112. The zero-order valence-electron chi connectivity index (χ0n) is 9.16. The van der Waals surface area contributed by atoms with Gasteiger partial charge < -0.3 is 9.47 Å². The van der Waals surface area contributed by atoms with Gasteiger partial charge in [0.2, 0.25) is 0 Å². The maximum Gasteiger partial charge on any atom is 0.158 e. The van der Waals surface area contributed by atoms with Gasteiger partial charge in [0.1, 0.15) is 11.3 Å². The normalized spacial score (nSPS) is 12.8. The lowest BCUT2D eigenvalue weighted by Gasteiger charge is -2.09. The number of rotatable bonds is 5. The Hall–Kier alpha value is -0.710. The predicted molar refractivity (Wildman–Crippen MR) is 58.0 cm³/mol. The molecule has 0 saturated heterocycles. The molecular weight excluding hydrogens is 216 g/mol. The summed E-state index contributed by atoms with van der Waals surface area (Å²) in [6.45, 7) is 2.49. The van der Waals surface area contributed by atoms with E-state index in [0.717, 1.165) is 12.0 Å². The summed E-state index contributed by atoms with van der Waals surface area (Å²) < 4.78 is 10.1. The first-order valence-electron chi connectivity index (χ1n) is 4.72. The maximum absolute atomic E-state index is 6.00. The predicted octanol–water partition coefficient (Wildman–Crippen LogP) is 2.03. The van der Waals surface area contributed by atoms with Crippen LogP contribution in [0.3, 0.4) is 0 Å². The molecule has 0 aromatic carbocycles. The van der Waals surface area contributed by atoms with Crippen LogP contribution in [0.1, 0.15) is 24.4 Å². The second kappa shape index (κ2) is 6.00. The number of aromatic nitrogens is 2. The highest BCUT2D eigenvalue weighted by atomic mass is 35.5. The molecule has 0 N–H and O–H groups in total. The monoisotopic (exact) mass is 230 g/mol. The van der Waals surface area contributed by atoms with Crippen LogP contribution < -0.4 is 0 Å². The molecule has 0 spiro atoms. The van der Waals surface area contributed by atoms with Gasteiger partial charge in [-0.3, -0.25) is 0 Å². The van der Waals surface area contributed by atoms with Gasteiger partial charge in [-0.1, -0.05) is 11.6 Å². The summed E-state index contributed by atoms with van der Waals surface area (Å²) in [6.07, 6.45) is 2.30. The fourth-order valence-corrected chi connectivity index (χ4v) is 1.31. The summed E-state index contributed by atoms with van der Waals surface area (Å²) in [5.41, 5.74) is 0.894. The van der Waals surface area contributed by atoms with Crippen molar-refractivity contribution in [2.45, 2.75) is 19.4 Å². The molecule has 15 heavy (non-hydrogen) atoms. The van der Waals surface area contributed by atoms with Crippen molar-refractivity contribution in [2.24, 2.45) is 0 Å². The average molecular weight is 231 g/mol. The van der Waals surface area contributed by atoms with Crippen molar-refractivity contribution in [3.8, 4) is 0 Å². The molecule has 1 aromatic rings. The Morgan fingerprint density at radius 3 is 2.73 bits per heavy atom. The molecule has 4 nitrogen and oxygen atoms in total. The molecule has 0 aliphatic carbocycles. The van der Waals surface area contributed by atoms with Gasteiger partial charge in [-0.15, -0.1) is 0 Å². The molecule has 1 rings (SSSR count). The average Bonchev–Trinajstić information content (AvgIpc) is 2.26. The fourth-order valence-electron chi connectivity index (χ4n) is 1.08. The van der Waals surface area contributed by atoms with Crippen molar-refractivity contribution in [3.05, 3.63) is 22.7 Å². The summed E-state index contributed by atoms with van der Waals surface area (Å²) >= 11 is 6.00. The molecule has 1 aromatic heterocycles. The Balaban J connectivity index is 2.78. The molecule has 1 atom stereocenters. The quantitative estimate of drug-likeness (QED) is 0.726. The number of hydrogen-bond acceptors (Lipinski definition) is 4. The van der Waals surface area contributed by atoms with E-state index in [4.69, 9.17) is 21.1 Å². The Morgan fingerprint density at radius 1 is 1.47 bits per heavy atom. The van der Waals surface area contributed by atoms with E-state index in [1.54, 1.807) is 20.4 Å². The Kier molecular flexibility index (Phi) is 4.94. The number of ether oxygens (including phenoxy) is 2. The third kappa shape index (κ3) is 3.41. The van der Waals surface area contributed by atoms with E-state index in [1.807, 2.05) is 6.92 Å². The summed E-state index contributed by atoms with van der Waals surface area (Å²) in [5.74, 6) is 0.601. The molecule has 0 aliphatic heterocycles. The van der Waals surface area contributed by atoms with Crippen LogP contribution in [0.4, 0.5) is 0 Å². The Labute approximate surface area is 94.6 Å². The van der Waals surface area contributed by atoms with Crippen molar-refractivity contribution in [3.63, 3.8) is 0 Å². The number of hydrogen-bond donors (Lipinski definition) is 0. The van der Waals surface area contributed by atoms with Gasteiger partial charge in [-0.2, -0.15) is 0 Å². The molecule has 1 heterocycles. The van der Waals surface area contributed by atoms with E-state index in [2.05, 4.69) is 9.97 Å². The molecule has 1 unspecified atom stereocenters. The van der Waals surface area contributed by atoms with Gasteiger partial charge in [0.25, 0.3) is 0 Å². The van der Waals surface area contributed by atoms with Crippen LogP contribution >= 0.6 is 11.6 Å². The summed E-state index contributed by atoms with van der Waals surface area (Å²) in [4.78, 5) is 8.36. The highest BCUT2D eigenvalue weighted by molar-refractivity contribution is 6.30. The molecule has 0 aliphatic rings. The zero-order chi connectivity index (χ0) is 11.3. The second-order valence-corrected chi connectivity index (χ2v) is 3.52. The lowest BCUT2D eigenvalue weighted by atomic mass is 10.2. The van der Waals surface area contributed by atoms with Crippen molar-refractivity contribution >= 4 is 11.6 Å². The minimum Gasteiger partial charge on any atom is -0.384 e. The minimum absolute atomic E-state index is 0.140. The number of halogens is 1. The third-order valence-electron chi connectivity index (χ3n) is 2.12. The van der Waals surface area contributed by atoms with E-state index < -0.39 is 0 Å². The van der Waals surface area contributed by atoms with E-state index in [0.29, 0.717) is 17.6 Å². The molecule has 84 valence electrons. The standard InChI is InChI=1S/C10H15ClN2O2/c1-7(15-3)10-12-6-8(4-5-14-2)9(11)13-10/h6-7H,4-5H2,1-3H3. The van der Waals surface area contributed by atoms with Crippen LogP contribution in [0.15, 0.2) is 6.20 Å². The van der Waals surface area contributed by atoms with Crippen LogP contribution in [0.5, 0.6) is 0 Å². The first-order chi connectivity index (χ1) is 7.19. The largest absolute Gasteiger partial charge is 0.384 e. The molecule has 0 radical (unpaired) electrons. The summed E-state index contributed by atoms with van der Waals surface area (Å²) in [7, 11) is 3.26. The van der Waals surface area contributed by atoms with Crippen LogP contribution in [-0.4, -0.2) is 30.8 Å². The van der Waals surface area contributed by atoms with E-state index in [9.17, 15) is 0 Å². The number of nitrogens with zero attached hydrogens (tertiary/aromatic N) is 2. The van der Waals surface area contributed by atoms with E-state index >= 15 is 0 Å². The van der Waals surface area contributed by atoms with Crippen LogP contribution in [-0.2, 0) is 15.9 Å². The topological polar surface area (TPSA) is 44.2 Å². The van der Waals surface area contributed by atoms with Gasteiger partial charge in [0, 0.05) is 32.4 Å². The Bertz CT molecular complexity index is 320.